The minimum Gasteiger partial charge on any atom is -0.347 e. The van der Waals surface area contributed by atoms with Crippen molar-refractivity contribution in [1.82, 2.24) is 15.2 Å². The minimum absolute atomic E-state index is 0.0173. The molecule has 0 radical (unpaired) electrons. The van der Waals surface area contributed by atoms with Gasteiger partial charge < -0.3 is 5.32 Å². The van der Waals surface area contributed by atoms with Crippen molar-refractivity contribution in [2.75, 3.05) is 6.54 Å². The lowest BCUT2D eigenvalue weighted by atomic mass is 9.93. The van der Waals surface area contributed by atoms with Crippen LogP contribution < -0.4 is 5.32 Å². The van der Waals surface area contributed by atoms with E-state index in [4.69, 9.17) is 23.2 Å². The Bertz CT molecular complexity index is 1050. The fraction of sp³-hybridized carbons (Fsp3) is 0.333. The average Bonchev–Trinajstić information content (AvgIpc) is 2.83. The van der Waals surface area contributed by atoms with Crippen molar-refractivity contribution in [3.63, 3.8) is 0 Å². The maximum Gasteiger partial charge on any atom is 0.224 e. The van der Waals surface area contributed by atoms with Crippen LogP contribution in [0, 0.1) is 0 Å². The number of carbonyl (C=O) groups is 1. The minimum atomic E-state index is -0.137. The number of benzene rings is 2. The lowest BCUT2D eigenvalue weighted by Crippen LogP contribution is -2.42. The monoisotopic (exact) mass is 481 g/mol. The number of nitrogens with zero attached hydrogens (tertiary/aromatic N) is 2. The van der Waals surface area contributed by atoms with E-state index in [9.17, 15) is 4.79 Å². The van der Waals surface area contributed by atoms with E-state index in [0.29, 0.717) is 22.5 Å². The van der Waals surface area contributed by atoms with Gasteiger partial charge in [0.15, 0.2) is 0 Å². The zero-order valence-electron chi connectivity index (χ0n) is 18.6. The van der Waals surface area contributed by atoms with Gasteiger partial charge in [0.1, 0.15) is 0 Å². The molecule has 3 aromatic rings. The Morgan fingerprint density at radius 1 is 1.00 bits per heavy atom. The van der Waals surface area contributed by atoms with Crippen molar-refractivity contribution < 1.29 is 4.79 Å². The third-order valence-corrected chi connectivity index (χ3v) is 6.95. The van der Waals surface area contributed by atoms with Crippen LogP contribution in [0.5, 0.6) is 0 Å². The fourth-order valence-electron chi connectivity index (χ4n) is 4.54. The maximum atomic E-state index is 12.9. The predicted octanol–water partition coefficient (Wildman–Crippen LogP) is 6.23. The largest absolute Gasteiger partial charge is 0.347 e. The van der Waals surface area contributed by atoms with Crippen molar-refractivity contribution in [2.24, 2.45) is 0 Å². The molecule has 4 rings (SSSR count). The van der Waals surface area contributed by atoms with E-state index < -0.39 is 0 Å². The highest BCUT2D eigenvalue weighted by Gasteiger charge is 2.28. The number of aromatic nitrogens is 1. The number of hydrogen-bond acceptors (Lipinski definition) is 3. The number of piperidine rings is 1. The van der Waals surface area contributed by atoms with Gasteiger partial charge in [-0.05, 0) is 61.2 Å². The third kappa shape index (κ3) is 6.80. The molecule has 2 atom stereocenters. The second-order valence-electron chi connectivity index (χ2n) is 8.64. The Labute approximate surface area is 205 Å². The molecule has 2 heterocycles. The summed E-state index contributed by atoms with van der Waals surface area (Å²) >= 11 is 12.4. The molecule has 33 heavy (non-hydrogen) atoms. The number of carbonyl (C=O) groups excluding carboxylic acids is 1. The normalized spacial score (nSPS) is 17.5. The van der Waals surface area contributed by atoms with E-state index in [1.807, 2.05) is 66.7 Å². The molecule has 0 unspecified atom stereocenters. The molecule has 4 nitrogen and oxygen atoms in total. The van der Waals surface area contributed by atoms with Gasteiger partial charge in [0.05, 0.1) is 28.2 Å². The molecule has 172 valence electrons. The molecule has 1 saturated heterocycles. The van der Waals surface area contributed by atoms with E-state index in [1.165, 1.54) is 12.8 Å². The molecular weight excluding hydrogens is 453 g/mol. The topological polar surface area (TPSA) is 45.2 Å². The van der Waals surface area contributed by atoms with Gasteiger partial charge in [-0.2, -0.15) is 0 Å². The van der Waals surface area contributed by atoms with Crippen LogP contribution in [0.25, 0.3) is 0 Å². The summed E-state index contributed by atoms with van der Waals surface area (Å²) in [4.78, 5) is 20.0. The Kier molecular flexibility index (Phi) is 8.38. The quantitative estimate of drug-likeness (QED) is 0.414. The molecule has 0 saturated carbocycles. The first kappa shape index (κ1) is 23.7. The molecular formula is C27H29Cl2N3O. The molecule has 6 heteroatoms. The lowest BCUT2D eigenvalue weighted by Gasteiger charge is -2.38. The SMILES string of the molecule is O=C(Cc1ccccc1)N[C@@H](C[C@H]1CCCCN1Cc1ccc(Cl)c(Cl)c1)c1ccccn1. The van der Waals surface area contributed by atoms with Crippen LogP contribution in [0.1, 0.15) is 48.5 Å². The Hall–Kier alpha value is -2.40. The van der Waals surface area contributed by atoms with Gasteiger partial charge in [-0.3, -0.25) is 14.7 Å². The first-order chi connectivity index (χ1) is 16.1. The number of halogens is 2. The molecule has 1 aliphatic heterocycles. The van der Waals surface area contributed by atoms with E-state index in [-0.39, 0.29) is 11.9 Å². The smallest absolute Gasteiger partial charge is 0.224 e. The Morgan fingerprint density at radius 2 is 1.82 bits per heavy atom. The lowest BCUT2D eigenvalue weighted by molar-refractivity contribution is -0.121. The van der Waals surface area contributed by atoms with Crippen molar-refractivity contribution in [3.05, 3.63) is 99.8 Å². The zero-order valence-corrected chi connectivity index (χ0v) is 20.1. The molecule has 0 bridgehead atoms. The highest BCUT2D eigenvalue weighted by Crippen LogP contribution is 2.29. The first-order valence-corrected chi connectivity index (χ1v) is 12.3. The van der Waals surface area contributed by atoms with E-state index in [1.54, 1.807) is 6.20 Å². The van der Waals surface area contributed by atoms with Gasteiger partial charge >= 0.3 is 0 Å². The van der Waals surface area contributed by atoms with Gasteiger partial charge in [-0.25, -0.2) is 0 Å². The fourth-order valence-corrected chi connectivity index (χ4v) is 4.86. The molecule has 1 amide bonds. The van der Waals surface area contributed by atoms with Gasteiger partial charge in [-0.15, -0.1) is 0 Å². The van der Waals surface area contributed by atoms with Crippen LogP contribution in [0.4, 0.5) is 0 Å². The number of pyridine rings is 1. The summed E-state index contributed by atoms with van der Waals surface area (Å²) in [6, 6.07) is 21.8. The summed E-state index contributed by atoms with van der Waals surface area (Å²) in [5, 5.41) is 4.42. The summed E-state index contributed by atoms with van der Waals surface area (Å²) in [5.41, 5.74) is 3.06. The van der Waals surface area contributed by atoms with Crippen molar-refractivity contribution in [1.29, 1.82) is 0 Å². The molecule has 1 aliphatic rings. The zero-order chi connectivity index (χ0) is 23.0. The number of nitrogens with one attached hydrogen (secondary N) is 1. The number of likely N-dealkylation sites (tertiary alicyclic amines) is 1. The van der Waals surface area contributed by atoms with Gasteiger partial charge in [0.25, 0.3) is 0 Å². The highest BCUT2D eigenvalue weighted by atomic mass is 35.5. The summed E-state index contributed by atoms with van der Waals surface area (Å²) in [5.74, 6) is 0.0173. The summed E-state index contributed by atoms with van der Waals surface area (Å²) in [7, 11) is 0. The number of amides is 1. The van der Waals surface area contributed by atoms with Crippen LogP contribution in [0.3, 0.4) is 0 Å². The molecule has 1 fully saturated rings. The van der Waals surface area contributed by atoms with Crippen LogP contribution in [0.15, 0.2) is 72.9 Å². The standard InChI is InChI=1S/C27H29Cl2N3O/c28-23-13-12-21(16-24(23)29)19-32-15-7-5-10-22(32)18-26(25-11-4-6-14-30-25)31-27(33)17-20-8-2-1-3-9-20/h1-4,6,8-9,11-14,16,22,26H,5,7,10,15,17-19H2,(H,31,33)/t22-,26+/m1/s1. The van der Waals surface area contributed by atoms with E-state index in [2.05, 4.69) is 15.2 Å². The summed E-state index contributed by atoms with van der Waals surface area (Å²) in [6.07, 6.45) is 6.43. The molecule has 1 N–H and O–H groups in total. The van der Waals surface area contributed by atoms with E-state index in [0.717, 1.165) is 42.8 Å². The number of hydrogen-bond donors (Lipinski definition) is 1. The molecule has 0 aliphatic carbocycles. The number of rotatable bonds is 8. The van der Waals surface area contributed by atoms with E-state index >= 15 is 0 Å². The highest BCUT2D eigenvalue weighted by molar-refractivity contribution is 6.42. The maximum absolute atomic E-state index is 12.9. The van der Waals surface area contributed by atoms with Crippen molar-refractivity contribution >= 4 is 29.1 Å². The van der Waals surface area contributed by atoms with Crippen molar-refractivity contribution in [2.45, 2.75) is 50.7 Å². The van der Waals surface area contributed by atoms with Crippen LogP contribution >= 0.6 is 23.2 Å². The Balaban J connectivity index is 1.48. The van der Waals surface area contributed by atoms with Crippen molar-refractivity contribution in [3.8, 4) is 0 Å². The van der Waals surface area contributed by atoms with Gasteiger partial charge in [0.2, 0.25) is 5.91 Å². The van der Waals surface area contributed by atoms with Gasteiger partial charge in [-0.1, -0.05) is 72.1 Å². The third-order valence-electron chi connectivity index (χ3n) is 6.21. The van der Waals surface area contributed by atoms with Crippen LogP contribution in [-0.4, -0.2) is 28.4 Å². The average molecular weight is 482 g/mol. The van der Waals surface area contributed by atoms with Crippen LogP contribution in [-0.2, 0) is 17.8 Å². The second-order valence-corrected chi connectivity index (χ2v) is 9.46. The molecule has 1 aromatic heterocycles. The summed E-state index contributed by atoms with van der Waals surface area (Å²) in [6.45, 7) is 1.84. The van der Waals surface area contributed by atoms with Gasteiger partial charge in [0, 0.05) is 18.8 Å². The molecule has 0 spiro atoms. The van der Waals surface area contributed by atoms with Crippen LogP contribution in [0.2, 0.25) is 10.0 Å². The second kappa shape index (κ2) is 11.6. The summed E-state index contributed by atoms with van der Waals surface area (Å²) < 4.78 is 0. The Morgan fingerprint density at radius 3 is 2.58 bits per heavy atom. The predicted molar refractivity (Wildman–Crippen MR) is 134 cm³/mol. The molecule has 2 aromatic carbocycles. The first-order valence-electron chi connectivity index (χ1n) is 11.5.